The SMILES string of the molecule is COc1ccc(NC(=O)CNc2ccc(Cl)c(C(F)(F)F)c2)cc1S(=O)(=O)N1CCCCC1. The largest absolute Gasteiger partial charge is 0.495 e. The smallest absolute Gasteiger partial charge is 0.417 e. The van der Waals surface area contributed by atoms with Crippen LogP contribution in [0.25, 0.3) is 0 Å². The number of ether oxygens (including phenoxy) is 1. The van der Waals surface area contributed by atoms with Gasteiger partial charge in [-0.1, -0.05) is 18.0 Å². The Hall–Kier alpha value is -2.50. The Kier molecular flexibility index (Phi) is 7.76. The molecule has 0 atom stereocenters. The van der Waals surface area contributed by atoms with E-state index in [0.29, 0.717) is 13.1 Å². The van der Waals surface area contributed by atoms with E-state index < -0.39 is 32.7 Å². The fourth-order valence-electron chi connectivity index (χ4n) is 3.44. The zero-order valence-electron chi connectivity index (χ0n) is 17.7. The number of halogens is 4. The molecule has 7 nitrogen and oxygen atoms in total. The minimum absolute atomic E-state index is 0.0602. The van der Waals surface area contributed by atoms with Crippen LogP contribution in [0.4, 0.5) is 24.5 Å². The van der Waals surface area contributed by atoms with Crippen molar-refractivity contribution >= 4 is 38.9 Å². The summed E-state index contributed by atoms with van der Waals surface area (Å²) in [6, 6.07) is 7.45. The summed E-state index contributed by atoms with van der Waals surface area (Å²) < 4.78 is 71.7. The van der Waals surface area contributed by atoms with Gasteiger partial charge in [0, 0.05) is 24.5 Å². The highest BCUT2D eigenvalue weighted by Gasteiger charge is 2.33. The molecule has 2 N–H and O–H groups in total. The molecular weight excluding hydrogens is 483 g/mol. The molecule has 0 aliphatic carbocycles. The summed E-state index contributed by atoms with van der Waals surface area (Å²) in [6.07, 6.45) is -2.13. The number of alkyl halides is 3. The van der Waals surface area contributed by atoms with Crippen LogP contribution in [-0.4, -0.2) is 45.4 Å². The molecule has 3 rings (SSSR count). The zero-order chi connectivity index (χ0) is 24.2. The molecule has 2 aromatic carbocycles. The Labute approximate surface area is 194 Å². The lowest BCUT2D eigenvalue weighted by Gasteiger charge is -2.26. The van der Waals surface area contributed by atoms with E-state index in [9.17, 15) is 26.4 Å². The van der Waals surface area contributed by atoms with Crippen LogP contribution >= 0.6 is 11.6 Å². The molecule has 0 spiro atoms. The number of hydrogen-bond donors (Lipinski definition) is 2. The number of benzene rings is 2. The van der Waals surface area contributed by atoms with Gasteiger partial charge >= 0.3 is 6.18 Å². The summed E-state index contributed by atoms with van der Waals surface area (Å²) in [5, 5.41) is 4.70. The number of anilines is 2. The second-order valence-corrected chi connectivity index (χ2v) is 9.74. The predicted molar refractivity (Wildman–Crippen MR) is 119 cm³/mol. The van der Waals surface area contributed by atoms with Gasteiger partial charge in [0.15, 0.2) is 0 Å². The van der Waals surface area contributed by atoms with Gasteiger partial charge in [-0.3, -0.25) is 4.79 Å². The lowest BCUT2D eigenvalue weighted by molar-refractivity contribution is -0.137. The predicted octanol–water partition coefficient (Wildman–Crippen LogP) is 4.59. The number of carbonyl (C=O) groups is 1. The van der Waals surface area contributed by atoms with Crippen LogP contribution in [0.15, 0.2) is 41.3 Å². The first-order chi connectivity index (χ1) is 15.5. The lowest BCUT2D eigenvalue weighted by atomic mass is 10.2. The van der Waals surface area contributed by atoms with Crippen LogP contribution in [0.1, 0.15) is 24.8 Å². The van der Waals surface area contributed by atoms with Gasteiger partial charge in [0.2, 0.25) is 15.9 Å². The maximum atomic E-state index is 13.1. The third-order valence-electron chi connectivity index (χ3n) is 5.11. The normalized spacial score (nSPS) is 15.2. The maximum absolute atomic E-state index is 13.1. The van der Waals surface area contributed by atoms with Crippen molar-refractivity contribution in [1.82, 2.24) is 4.31 Å². The molecule has 1 aliphatic rings. The number of carbonyl (C=O) groups excluding carboxylic acids is 1. The van der Waals surface area contributed by atoms with Crippen molar-refractivity contribution in [3.63, 3.8) is 0 Å². The van der Waals surface area contributed by atoms with Gasteiger partial charge < -0.3 is 15.4 Å². The Morgan fingerprint density at radius 2 is 1.76 bits per heavy atom. The molecule has 1 heterocycles. The standard InChI is InChI=1S/C21H23ClF3N3O4S/c1-32-18-8-6-15(12-19(18)33(30,31)28-9-3-2-4-10-28)27-20(29)13-26-14-5-7-17(22)16(11-14)21(23,24)25/h5-8,11-12,26H,2-4,9-10,13H2,1H3,(H,27,29). The molecule has 12 heteroatoms. The van der Waals surface area contributed by atoms with Gasteiger partial charge in [-0.15, -0.1) is 0 Å². The van der Waals surface area contributed by atoms with E-state index in [-0.39, 0.29) is 28.6 Å². The van der Waals surface area contributed by atoms with Crippen LogP contribution in [-0.2, 0) is 21.0 Å². The molecule has 0 radical (unpaired) electrons. The second kappa shape index (κ2) is 10.2. The van der Waals surface area contributed by atoms with Gasteiger partial charge in [-0.2, -0.15) is 17.5 Å². The first kappa shape index (κ1) is 25.1. The molecule has 33 heavy (non-hydrogen) atoms. The van der Waals surface area contributed by atoms with Crippen molar-refractivity contribution in [1.29, 1.82) is 0 Å². The Bertz CT molecular complexity index is 1120. The van der Waals surface area contributed by atoms with Crippen LogP contribution in [0, 0.1) is 0 Å². The van der Waals surface area contributed by atoms with Crippen LogP contribution in [0.3, 0.4) is 0 Å². The van der Waals surface area contributed by atoms with Crippen molar-refractivity contribution in [2.45, 2.75) is 30.3 Å². The third-order valence-corrected chi connectivity index (χ3v) is 7.35. The molecule has 180 valence electrons. The number of methoxy groups -OCH3 is 1. The van der Waals surface area contributed by atoms with Crippen molar-refractivity contribution in [2.75, 3.05) is 37.4 Å². The Morgan fingerprint density at radius 1 is 1.09 bits per heavy atom. The lowest BCUT2D eigenvalue weighted by Crippen LogP contribution is -2.35. The average Bonchev–Trinajstić information content (AvgIpc) is 2.78. The fourth-order valence-corrected chi connectivity index (χ4v) is 5.36. The topological polar surface area (TPSA) is 87.7 Å². The van der Waals surface area contributed by atoms with Gasteiger partial charge in [0.1, 0.15) is 10.6 Å². The first-order valence-electron chi connectivity index (χ1n) is 10.1. The molecular formula is C21H23ClF3N3O4S. The first-order valence-corrected chi connectivity index (χ1v) is 11.9. The molecule has 1 aliphatic heterocycles. The maximum Gasteiger partial charge on any atom is 0.417 e. The van der Waals surface area contributed by atoms with Crippen molar-refractivity contribution in [3.8, 4) is 5.75 Å². The number of hydrogen-bond acceptors (Lipinski definition) is 5. The van der Waals surface area contributed by atoms with E-state index in [1.165, 1.54) is 35.7 Å². The van der Waals surface area contributed by atoms with Gasteiger partial charge in [0.05, 0.1) is 24.2 Å². The molecule has 1 fully saturated rings. The number of sulfonamides is 1. The number of piperidine rings is 1. The number of nitrogens with zero attached hydrogens (tertiary/aromatic N) is 1. The van der Waals surface area contributed by atoms with E-state index in [2.05, 4.69) is 10.6 Å². The molecule has 0 unspecified atom stereocenters. The van der Waals surface area contributed by atoms with Crippen molar-refractivity contribution < 1.29 is 31.1 Å². The molecule has 1 saturated heterocycles. The quantitative estimate of drug-likeness (QED) is 0.574. The van der Waals surface area contributed by atoms with E-state index in [1.807, 2.05) is 0 Å². The summed E-state index contributed by atoms with van der Waals surface area (Å²) in [5.74, 6) is -0.428. The molecule has 2 aromatic rings. The minimum Gasteiger partial charge on any atom is -0.495 e. The summed E-state index contributed by atoms with van der Waals surface area (Å²) in [4.78, 5) is 12.3. The molecule has 1 amide bonds. The van der Waals surface area contributed by atoms with E-state index >= 15 is 0 Å². The highest BCUT2D eigenvalue weighted by Crippen LogP contribution is 2.36. The van der Waals surface area contributed by atoms with E-state index in [4.69, 9.17) is 16.3 Å². The number of amides is 1. The summed E-state index contributed by atoms with van der Waals surface area (Å²) >= 11 is 5.59. The average molecular weight is 506 g/mol. The van der Waals surface area contributed by atoms with E-state index in [1.54, 1.807) is 0 Å². The summed E-state index contributed by atoms with van der Waals surface area (Å²) in [5.41, 5.74) is -0.743. The molecule has 0 saturated carbocycles. The van der Waals surface area contributed by atoms with Crippen LogP contribution < -0.4 is 15.4 Å². The monoisotopic (exact) mass is 505 g/mol. The van der Waals surface area contributed by atoms with Crippen LogP contribution in [0.2, 0.25) is 5.02 Å². The molecule has 0 aromatic heterocycles. The van der Waals surface area contributed by atoms with Gasteiger partial charge in [-0.05, 0) is 49.2 Å². The summed E-state index contributed by atoms with van der Waals surface area (Å²) in [6.45, 7) is 0.471. The Morgan fingerprint density at radius 3 is 2.39 bits per heavy atom. The second-order valence-electron chi connectivity index (χ2n) is 7.42. The number of nitrogens with one attached hydrogen (secondary N) is 2. The third kappa shape index (κ3) is 6.10. The molecule has 0 bridgehead atoms. The minimum atomic E-state index is -4.63. The number of rotatable bonds is 7. The van der Waals surface area contributed by atoms with Gasteiger partial charge in [-0.25, -0.2) is 8.42 Å². The highest BCUT2D eigenvalue weighted by atomic mass is 35.5. The summed E-state index contributed by atoms with van der Waals surface area (Å²) in [7, 11) is -2.46. The van der Waals surface area contributed by atoms with E-state index in [0.717, 1.165) is 31.4 Å². The highest BCUT2D eigenvalue weighted by molar-refractivity contribution is 7.89. The van der Waals surface area contributed by atoms with Crippen molar-refractivity contribution in [2.24, 2.45) is 0 Å². The van der Waals surface area contributed by atoms with Crippen molar-refractivity contribution in [3.05, 3.63) is 47.0 Å². The van der Waals surface area contributed by atoms with Gasteiger partial charge in [0.25, 0.3) is 0 Å². The van der Waals surface area contributed by atoms with Crippen LogP contribution in [0.5, 0.6) is 5.75 Å². The Balaban J connectivity index is 1.72. The fraction of sp³-hybridized carbons (Fsp3) is 0.381. The zero-order valence-corrected chi connectivity index (χ0v) is 19.3.